The Kier molecular flexibility index (Phi) is 12.5. The van der Waals surface area contributed by atoms with E-state index in [0.29, 0.717) is 19.8 Å². The summed E-state index contributed by atoms with van der Waals surface area (Å²) in [5.41, 5.74) is 1.05. The molecule has 0 aromatic heterocycles. The number of carbonyl (C=O) groups excluding carboxylic acids is 2. The smallest absolute Gasteiger partial charge is 0.248 e. The fraction of sp³-hybridized carbons (Fsp3) is 0.667. The number of rotatable bonds is 6. The van der Waals surface area contributed by atoms with Crippen molar-refractivity contribution in [3.63, 3.8) is 0 Å². The minimum atomic E-state index is -0.451. The number of terminal acetylenes is 1. The van der Waals surface area contributed by atoms with Gasteiger partial charge in [-0.2, -0.15) is 0 Å². The van der Waals surface area contributed by atoms with E-state index in [1.54, 1.807) is 13.0 Å². The maximum Gasteiger partial charge on any atom is 0.248 e. The Labute approximate surface area is 145 Å². The van der Waals surface area contributed by atoms with E-state index >= 15 is 0 Å². The molecule has 0 aromatic rings. The van der Waals surface area contributed by atoms with E-state index in [9.17, 15) is 9.59 Å². The van der Waals surface area contributed by atoms with Gasteiger partial charge >= 0.3 is 0 Å². The van der Waals surface area contributed by atoms with Crippen molar-refractivity contribution >= 4 is 11.8 Å². The minimum absolute atomic E-state index is 0.105. The van der Waals surface area contributed by atoms with Crippen LogP contribution in [0.15, 0.2) is 11.6 Å². The maximum absolute atomic E-state index is 11.4. The van der Waals surface area contributed by atoms with Gasteiger partial charge in [0.1, 0.15) is 12.7 Å². The van der Waals surface area contributed by atoms with Gasteiger partial charge < -0.3 is 19.7 Å². The van der Waals surface area contributed by atoms with Crippen LogP contribution in [-0.4, -0.2) is 62.3 Å². The summed E-state index contributed by atoms with van der Waals surface area (Å²) in [6.45, 7) is 11.2. The number of ether oxygens (including phenoxy) is 2. The lowest BCUT2D eigenvalue weighted by Gasteiger charge is -2.25. The highest BCUT2D eigenvalue weighted by Crippen LogP contribution is 2.00. The molecule has 0 saturated carbocycles. The average molecular weight is 338 g/mol. The van der Waals surface area contributed by atoms with Crippen LogP contribution in [0.25, 0.3) is 0 Å². The molecular weight excluding hydrogens is 308 g/mol. The number of allylic oxidation sites excluding steroid dienone is 1. The molecule has 0 bridgehead atoms. The Morgan fingerprint density at radius 2 is 2.00 bits per heavy atom. The molecule has 1 heterocycles. The third-order valence-corrected chi connectivity index (χ3v) is 3.07. The van der Waals surface area contributed by atoms with Crippen LogP contribution in [0.3, 0.4) is 0 Å². The van der Waals surface area contributed by atoms with Gasteiger partial charge in [0.2, 0.25) is 11.8 Å². The van der Waals surface area contributed by atoms with Crippen molar-refractivity contribution < 1.29 is 19.1 Å². The van der Waals surface area contributed by atoms with E-state index in [4.69, 9.17) is 15.9 Å². The summed E-state index contributed by atoms with van der Waals surface area (Å²) >= 11 is 0. The SMILES string of the molecule is C#CCOC(C)C(=O)NCCC.CC(C)=CC(=O)N1CCOCC1. The average Bonchev–Trinajstić information content (AvgIpc) is 2.58. The number of hydrogen-bond donors (Lipinski definition) is 1. The molecule has 6 nitrogen and oxygen atoms in total. The second-order valence-corrected chi connectivity index (χ2v) is 5.61. The summed E-state index contributed by atoms with van der Waals surface area (Å²) in [5, 5.41) is 2.71. The first-order valence-electron chi connectivity index (χ1n) is 8.26. The van der Waals surface area contributed by atoms with Gasteiger partial charge in [0, 0.05) is 25.7 Å². The van der Waals surface area contributed by atoms with Gasteiger partial charge in [-0.05, 0) is 27.2 Å². The summed E-state index contributed by atoms with van der Waals surface area (Å²) in [4.78, 5) is 24.3. The second-order valence-electron chi connectivity index (χ2n) is 5.61. The summed E-state index contributed by atoms with van der Waals surface area (Å²) < 4.78 is 10.1. The standard InChI is InChI=1S/2C9H15NO2/c1-8(2)7-9(11)10-3-5-12-6-4-10;1-4-6-10-9(11)8(3)12-7-5-2/h7H,3-6H2,1-2H3;2,8H,4,6-7H2,1,3H3,(H,10,11). The monoisotopic (exact) mass is 338 g/mol. The van der Waals surface area contributed by atoms with Crippen LogP contribution >= 0.6 is 0 Å². The molecule has 1 unspecified atom stereocenters. The minimum Gasteiger partial charge on any atom is -0.378 e. The van der Waals surface area contributed by atoms with Gasteiger partial charge in [-0.25, -0.2) is 0 Å². The third kappa shape index (κ3) is 10.8. The van der Waals surface area contributed by atoms with Crippen LogP contribution in [0.2, 0.25) is 0 Å². The van der Waals surface area contributed by atoms with E-state index in [1.165, 1.54) is 0 Å². The summed E-state index contributed by atoms with van der Waals surface area (Å²) in [6, 6.07) is 0. The molecule has 0 spiro atoms. The van der Waals surface area contributed by atoms with Crippen molar-refractivity contribution in [1.29, 1.82) is 0 Å². The number of hydrogen-bond acceptors (Lipinski definition) is 4. The molecule has 24 heavy (non-hydrogen) atoms. The zero-order valence-electron chi connectivity index (χ0n) is 15.3. The van der Waals surface area contributed by atoms with Crippen LogP contribution < -0.4 is 5.32 Å². The summed E-state index contributed by atoms with van der Waals surface area (Å²) in [6.07, 6.45) is 7.12. The first-order valence-corrected chi connectivity index (χ1v) is 8.26. The number of carbonyl (C=O) groups is 2. The Balaban J connectivity index is 0.000000441. The zero-order chi connectivity index (χ0) is 18.4. The molecule has 0 aromatic carbocycles. The molecule has 1 N–H and O–H groups in total. The maximum atomic E-state index is 11.4. The Morgan fingerprint density at radius 1 is 1.38 bits per heavy atom. The quantitative estimate of drug-likeness (QED) is 0.587. The lowest BCUT2D eigenvalue weighted by Crippen LogP contribution is -2.39. The lowest BCUT2D eigenvalue weighted by molar-refractivity contribution is -0.131. The van der Waals surface area contributed by atoms with Crippen LogP contribution in [0.5, 0.6) is 0 Å². The number of morpholine rings is 1. The molecule has 1 saturated heterocycles. The highest BCUT2D eigenvalue weighted by Gasteiger charge is 2.14. The van der Waals surface area contributed by atoms with Gasteiger partial charge in [-0.1, -0.05) is 18.4 Å². The Hall–Kier alpha value is -1.84. The largest absolute Gasteiger partial charge is 0.378 e. The Morgan fingerprint density at radius 3 is 2.50 bits per heavy atom. The normalized spacial score (nSPS) is 14.5. The highest BCUT2D eigenvalue weighted by molar-refractivity contribution is 5.88. The van der Waals surface area contributed by atoms with Gasteiger partial charge in [0.15, 0.2) is 0 Å². The van der Waals surface area contributed by atoms with E-state index < -0.39 is 6.10 Å². The van der Waals surface area contributed by atoms with Gasteiger partial charge in [0.05, 0.1) is 13.2 Å². The van der Waals surface area contributed by atoms with Crippen molar-refractivity contribution in [2.75, 3.05) is 39.5 Å². The molecular formula is C18H30N2O4. The third-order valence-electron chi connectivity index (χ3n) is 3.07. The Bertz CT molecular complexity index is 444. The van der Waals surface area contributed by atoms with Crippen molar-refractivity contribution in [3.05, 3.63) is 11.6 Å². The van der Waals surface area contributed by atoms with E-state index in [1.807, 2.05) is 25.7 Å². The molecule has 1 atom stereocenters. The highest BCUT2D eigenvalue weighted by atomic mass is 16.5. The predicted octanol–water partition coefficient (Wildman–Crippen LogP) is 1.36. The number of nitrogens with one attached hydrogen (secondary N) is 1. The molecule has 1 aliphatic heterocycles. The predicted molar refractivity (Wildman–Crippen MR) is 94.4 cm³/mol. The van der Waals surface area contributed by atoms with Crippen molar-refractivity contribution in [2.45, 2.75) is 40.2 Å². The lowest BCUT2D eigenvalue weighted by atomic mass is 10.3. The first-order chi connectivity index (χ1) is 11.4. The van der Waals surface area contributed by atoms with E-state index in [0.717, 1.165) is 25.1 Å². The topological polar surface area (TPSA) is 67.9 Å². The van der Waals surface area contributed by atoms with Crippen molar-refractivity contribution in [1.82, 2.24) is 10.2 Å². The molecule has 6 heteroatoms. The van der Waals surface area contributed by atoms with Gasteiger partial charge in [-0.15, -0.1) is 6.42 Å². The van der Waals surface area contributed by atoms with E-state index in [-0.39, 0.29) is 18.4 Å². The zero-order valence-corrected chi connectivity index (χ0v) is 15.3. The van der Waals surface area contributed by atoms with Crippen molar-refractivity contribution in [2.24, 2.45) is 0 Å². The molecule has 1 rings (SSSR count). The number of nitrogens with zero attached hydrogens (tertiary/aromatic N) is 1. The van der Waals surface area contributed by atoms with Crippen LogP contribution in [0, 0.1) is 12.3 Å². The molecule has 0 radical (unpaired) electrons. The number of amides is 2. The second kappa shape index (κ2) is 13.6. The fourth-order valence-corrected chi connectivity index (χ4v) is 1.76. The van der Waals surface area contributed by atoms with Gasteiger partial charge in [-0.3, -0.25) is 9.59 Å². The van der Waals surface area contributed by atoms with E-state index in [2.05, 4.69) is 11.2 Å². The van der Waals surface area contributed by atoms with Crippen LogP contribution in [0.4, 0.5) is 0 Å². The van der Waals surface area contributed by atoms with Gasteiger partial charge in [0.25, 0.3) is 0 Å². The van der Waals surface area contributed by atoms with Crippen LogP contribution in [-0.2, 0) is 19.1 Å². The summed E-state index contributed by atoms with van der Waals surface area (Å²) in [7, 11) is 0. The van der Waals surface area contributed by atoms with Crippen molar-refractivity contribution in [3.8, 4) is 12.3 Å². The first kappa shape index (κ1) is 22.2. The summed E-state index contributed by atoms with van der Waals surface area (Å²) in [5.74, 6) is 2.31. The fourth-order valence-electron chi connectivity index (χ4n) is 1.76. The molecule has 1 fully saturated rings. The molecule has 1 aliphatic rings. The molecule has 0 aliphatic carbocycles. The van der Waals surface area contributed by atoms with Crippen LogP contribution in [0.1, 0.15) is 34.1 Å². The molecule has 136 valence electrons. The molecule has 2 amide bonds.